The number of likely N-dealkylation sites (tertiary alicyclic amines) is 1. The Balaban J connectivity index is 0.00000338. The van der Waals surface area contributed by atoms with Crippen LogP contribution in [0.25, 0.3) is 0 Å². The number of rotatable bonds is 8. The number of hydrogen-bond donors (Lipinski definition) is 3. The zero-order chi connectivity index (χ0) is 18.1. The number of hydrogen-bond acceptors (Lipinski definition) is 5. The Morgan fingerprint density at radius 3 is 2.41 bits per heavy atom. The van der Waals surface area contributed by atoms with Crippen molar-refractivity contribution in [2.45, 2.75) is 25.3 Å². The van der Waals surface area contributed by atoms with E-state index < -0.39 is 0 Å². The van der Waals surface area contributed by atoms with Crippen LogP contribution in [-0.4, -0.2) is 56.5 Å². The van der Waals surface area contributed by atoms with Crippen molar-refractivity contribution in [3.63, 3.8) is 0 Å². The number of nitrogens with two attached hydrogens (primary N) is 1. The number of amides is 2. The summed E-state index contributed by atoms with van der Waals surface area (Å²) in [6.45, 7) is 2.29. The van der Waals surface area contributed by atoms with Crippen LogP contribution in [0.5, 0.6) is 5.75 Å². The molecule has 1 aromatic rings. The fraction of sp³-hybridized carbons (Fsp3) is 0.556. The molecule has 0 spiro atoms. The summed E-state index contributed by atoms with van der Waals surface area (Å²) in [5, 5.41) is 5.40. The van der Waals surface area contributed by atoms with E-state index >= 15 is 0 Å². The smallest absolute Gasteiger partial charge is 0.239 e. The molecule has 0 saturated carbocycles. The van der Waals surface area contributed by atoms with E-state index in [1.54, 1.807) is 7.11 Å². The lowest BCUT2D eigenvalue weighted by atomic mass is 10.0. The van der Waals surface area contributed by atoms with Crippen molar-refractivity contribution in [2.24, 2.45) is 5.73 Å². The minimum Gasteiger partial charge on any atom is -0.496 e. The monoisotopic (exact) mass is 420 g/mol. The first-order chi connectivity index (χ1) is 12.2. The van der Waals surface area contributed by atoms with Crippen LogP contribution in [0.2, 0.25) is 0 Å². The summed E-state index contributed by atoms with van der Waals surface area (Å²) in [4.78, 5) is 25.6. The summed E-state index contributed by atoms with van der Waals surface area (Å²) in [6, 6.07) is 7.95. The predicted molar refractivity (Wildman–Crippen MR) is 111 cm³/mol. The van der Waals surface area contributed by atoms with Crippen LogP contribution in [0.4, 0.5) is 0 Å². The predicted octanol–water partition coefficient (Wildman–Crippen LogP) is 1.26. The number of halogens is 2. The van der Waals surface area contributed by atoms with Crippen LogP contribution >= 0.6 is 24.8 Å². The molecule has 0 aromatic heterocycles. The van der Waals surface area contributed by atoms with E-state index in [1.807, 2.05) is 24.3 Å². The molecule has 0 bridgehead atoms. The van der Waals surface area contributed by atoms with Crippen molar-refractivity contribution in [2.75, 3.05) is 39.8 Å². The maximum absolute atomic E-state index is 12.0. The highest BCUT2D eigenvalue weighted by Gasteiger charge is 2.25. The molecule has 1 fully saturated rings. The van der Waals surface area contributed by atoms with Crippen LogP contribution in [-0.2, 0) is 9.59 Å². The Hall–Kier alpha value is -1.54. The van der Waals surface area contributed by atoms with Gasteiger partial charge in [0.1, 0.15) is 5.75 Å². The van der Waals surface area contributed by atoms with E-state index in [1.165, 1.54) is 6.42 Å². The fourth-order valence-electron chi connectivity index (χ4n) is 3.13. The summed E-state index contributed by atoms with van der Waals surface area (Å²) < 4.78 is 5.51. The summed E-state index contributed by atoms with van der Waals surface area (Å²) in [7, 11) is 1.66. The van der Waals surface area contributed by atoms with E-state index in [2.05, 4.69) is 15.5 Å². The maximum atomic E-state index is 12.0. The number of benzene rings is 1. The lowest BCUT2D eigenvalue weighted by Crippen LogP contribution is -2.44. The van der Waals surface area contributed by atoms with E-state index in [9.17, 15) is 9.59 Å². The molecule has 9 heteroatoms. The summed E-state index contributed by atoms with van der Waals surface area (Å²) in [5.74, 6) is 0.259. The van der Waals surface area contributed by atoms with E-state index in [0.29, 0.717) is 6.54 Å². The van der Waals surface area contributed by atoms with Crippen molar-refractivity contribution >= 4 is 36.6 Å². The van der Waals surface area contributed by atoms with Crippen LogP contribution in [0.1, 0.15) is 30.9 Å². The van der Waals surface area contributed by atoms with Crippen LogP contribution in [0.15, 0.2) is 24.3 Å². The standard InChI is InChI=1S/C18H28N4O3.2ClH/c1-25-16-8-4-3-7-14(16)15(22-9-5-2-6-10-22)12-20-18(24)13-21-17(23)11-19;;/h3-4,7-8,15H,2,5-6,9-13,19H2,1H3,(H,20,24)(H,21,23);2*1H. The molecule has 27 heavy (non-hydrogen) atoms. The minimum atomic E-state index is -0.340. The van der Waals surface area contributed by atoms with Gasteiger partial charge >= 0.3 is 0 Å². The molecule has 1 aliphatic heterocycles. The third-order valence-corrected chi connectivity index (χ3v) is 4.45. The number of piperidine rings is 1. The van der Waals surface area contributed by atoms with Crippen LogP contribution in [0.3, 0.4) is 0 Å². The van der Waals surface area contributed by atoms with Crippen LogP contribution in [0, 0.1) is 0 Å². The van der Waals surface area contributed by atoms with E-state index in [0.717, 1.165) is 37.2 Å². The molecule has 154 valence electrons. The van der Waals surface area contributed by atoms with Gasteiger partial charge in [0.25, 0.3) is 0 Å². The van der Waals surface area contributed by atoms with Gasteiger partial charge in [-0.1, -0.05) is 24.6 Å². The van der Waals surface area contributed by atoms with Gasteiger partial charge in [-0.05, 0) is 32.0 Å². The quantitative estimate of drug-likeness (QED) is 0.587. The maximum Gasteiger partial charge on any atom is 0.239 e. The van der Waals surface area contributed by atoms with E-state index in [-0.39, 0.29) is 55.8 Å². The Morgan fingerprint density at radius 1 is 1.11 bits per heavy atom. The van der Waals surface area contributed by atoms with E-state index in [4.69, 9.17) is 10.5 Å². The first-order valence-corrected chi connectivity index (χ1v) is 8.76. The molecule has 1 aliphatic rings. The number of methoxy groups -OCH3 is 1. The third-order valence-electron chi connectivity index (χ3n) is 4.45. The molecule has 2 rings (SSSR count). The summed E-state index contributed by atoms with van der Waals surface area (Å²) in [5.41, 5.74) is 6.29. The molecule has 2 amide bonds. The van der Waals surface area contributed by atoms with Gasteiger partial charge in [0.05, 0.1) is 26.2 Å². The molecule has 0 radical (unpaired) electrons. The van der Waals surface area contributed by atoms with Crippen molar-refractivity contribution in [1.29, 1.82) is 0 Å². The van der Waals surface area contributed by atoms with Gasteiger partial charge in [0.15, 0.2) is 0 Å². The second-order valence-electron chi connectivity index (χ2n) is 6.14. The zero-order valence-electron chi connectivity index (χ0n) is 15.6. The second kappa shape index (κ2) is 13.6. The first-order valence-electron chi connectivity index (χ1n) is 8.76. The highest BCUT2D eigenvalue weighted by molar-refractivity contribution is 5.86. The highest BCUT2D eigenvalue weighted by atomic mass is 35.5. The normalized spacial score (nSPS) is 14.9. The van der Waals surface area contributed by atoms with Crippen LogP contribution < -0.4 is 21.1 Å². The molecule has 1 atom stereocenters. The third kappa shape index (κ3) is 7.92. The number of carbonyl (C=O) groups is 2. The number of para-hydroxylation sites is 1. The van der Waals surface area contributed by atoms with Gasteiger partial charge < -0.3 is 21.1 Å². The largest absolute Gasteiger partial charge is 0.496 e. The molecular formula is C18H30Cl2N4O3. The first kappa shape index (κ1) is 25.5. The average molecular weight is 421 g/mol. The Kier molecular flexibility index (Phi) is 12.8. The molecule has 4 N–H and O–H groups in total. The Bertz CT molecular complexity index is 583. The van der Waals surface area contributed by atoms with Gasteiger partial charge in [-0.25, -0.2) is 0 Å². The second-order valence-corrected chi connectivity index (χ2v) is 6.14. The lowest BCUT2D eigenvalue weighted by Gasteiger charge is -2.35. The highest BCUT2D eigenvalue weighted by Crippen LogP contribution is 2.30. The molecule has 1 unspecified atom stereocenters. The topological polar surface area (TPSA) is 96.7 Å². The Labute approximate surface area is 173 Å². The lowest BCUT2D eigenvalue weighted by molar-refractivity contribution is -0.125. The van der Waals surface area contributed by atoms with Gasteiger partial charge in [-0.3, -0.25) is 14.5 Å². The van der Waals surface area contributed by atoms with Gasteiger partial charge in [-0.15, -0.1) is 24.8 Å². The SMILES string of the molecule is COc1ccccc1C(CNC(=O)CNC(=O)CN)N1CCCCC1.Cl.Cl. The zero-order valence-corrected chi connectivity index (χ0v) is 17.2. The number of ether oxygens (including phenoxy) is 1. The summed E-state index contributed by atoms with van der Waals surface area (Å²) in [6.07, 6.45) is 3.56. The van der Waals surface area contributed by atoms with Crippen molar-refractivity contribution in [3.05, 3.63) is 29.8 Å². The minimum absolute atomic E-state index is 0. The van der Waals surface area contributed by atoms with Gasteiger partial charge in [0, 0.05) is 12.1 Å². The number of carbonyl (C=O) groups excluding carboxylic acids is 2. The van der Waals surface area contributed by atoms with Crippen molar-refractivity contribution < 1.29 is 14.3 Å². The molecule has 0 aliphatic carbocycles. The summed E-state index contributed by atoms with van der Waals surface area (Å²) >= 11 is 0. The molecule has 1 saturated heterocycles. The molecular weight excluding hydrogens is 391 g/mol. The number of nitrogens with one attached hydrogen (secondary N) is 2. The molecule has 1 heterocycles. The molecule has 7 nitrogen and oxygen atoms in total. The van der Waals surface area contributed by atoms with Gasteiger partial charge in [-0.2, -0.15) is 0 Å². The average Bonchev–Trinajstić information content (AvgIpc) is 2.67. The van der Waals surface area contributed by atoms with Crippen molar-refractivity contribution in [3.8, 4) is 5.75 Å². The number of nitrogens with zero attached hydrogens (tertiary/aromatic N) is 1. The fourth-order valence-corrected chi connectivity index (χ4v) is 3.13. The Morgan fingerprint density at radius 2 is 1.78 bits per heavy atom. The molecule has 1 aromatic carbocycles. The van der Waals surface area contributed by atoms with Gasteiger partial charge in [0.2, 0.25) is 11.8 Å². The van der Waals surface area contributed by atoms with Crippen molar-refractivity contribution in [1.82, 2.24) is 15.5 Å².